The second-order valence-electron chi connectivity index (χ2n) is 3.11. The van der Waals surface area contributed by atoms with Crippen molar-refractivity contribution in [1.82, 2.24) is 4.57 Å². The number of fused-ring (bicyclic) bond motifs is 1. The van der Waals surface area contributed by atoms with Gasteiger partial charge in [0.1, 0.15) is 0 Å². The van der Waals surface area contributed by atoms with Gasteiger partial charge < -0.3 is 14.8 Å². The zero-order valence-electron chi connectivity index (χ0n) is 7.66. The highest BCUT2D eigenvalue weighted by Gasteiger charge is 2.08. The van der Waals surface area contributed by atoms with E-state index in [1.54, 1.807) is 12.1 Å². The first-order valence-electron chi connectivity index (χ1n) is 4.34. The van der Waals surface area contributed by atoms with Crippen LogP contribution < -0.4 is 0 Å². The van der Waals surface area contributed by atoms with Crippen molar-refractivity contribution in [3.8, 4) is 11.5 Å². The highest BCUT2D eigenvalue weighted by atomic mass is 127. The molecule has 0 radical (unpaired) electrons. The topological polar surface area (TPSA) is 45.4 Å². The number of hydrogen-bond acceptors (Lipinski definition) is 2. The Morgan fingerprint density at radius 3 is 2.50 bits per heavy atom. The Labute approximate surface area is 95.1 Å². The summed E-state index contributed by atoms with van der Waals surface area (Å²) in [6, 6.07) is 5.16. The molecule has 14 heavy (non-hydrogen) atoms. The van der Waals surface area contributed by atoms with Crippen LogP contribution in [-0.2, 0) is 6.54 Å². The fourth-order valence-electron chi connectivity index (χ4n) is 1.57. The van der Waals surface area contributed by atoms with E-state index >= 15 is 0 Å². The Kier molecular flexibility index (Phi) is 2.30. The summed E-state index contributed by atoms with van der Waals surface area (Å²) in [7, 11) is 0. The summed E-state index contributed by atoms with van der Waals surface area (Å²) in [5, 5.41) is 19.7. The summed E-state index contributed by atoms with van der Waals surface area (Å²) in [5.74, 6) is -0.135. The van der Waals surface area contributed by atoms with Gasteiger partial charge in [0, 0.05) is 18.0 Å². The molecule has 0 atom stereocenters. The van der Waals surface area contributed by atoms with Crippen LogP contribution in [0.3, 0.4) is 0 Å². The van der Waals surface area contributed by atoms with Gasteiger partial charge in [-0.2, -0.15) is 0 Å². The minimum absolute atomic E-state index is 0.0675. The van der Waals surface area contributed by atoms with Crippen molar-refractivity contribution in [2.24, 2.45) is 0 Å². The maximum absolute atomic E-state index is 9.38. The predicted octanol–water partition coefficient (Wildman–Crippen LogP) is 2.68. The van der Waals surface area contributed by atoms with Gasteiger partial charge in [0.25, 0.3) is 0 Å². The summed E-state index contributed by atoms with van der Waals surface area (Å²) in [4.78, 5) is 0. The van der Waals surface area contributed by atoms with E-state index in [1.165, 1.54) is 0 Å². The molecule has 0 aliphatic rings. The standard InChI is InChI=1S/C10H10INO2/c1-2-12-7-5-9(14)8(13)3-6(7)4-10(12)11/h3-5,13-14H,2H2,1H3. The minimum Gasteiger partial charge on any atom is -0.504 e. The molecule has 1 aromatic heterocycles. The number of rotatable bonds is 1. The Hall–Kier alpha value is -0.910. The van der Waals surface area contributed by atoms with Gasteiger partial charge in [-0.3, -0.25) is 0 Å². The SMILES string of the molecule is CCn1c(I)cc2cc(O)c(O)cc21. The van der Waals surface area contributed by atoms with E-state index in [4.69, 9.17) is 0 Å². The number of benzene rings is 1. The predicted molar refractivity (Wildman–Crippen MR) is 63.7 cm³/mol. The van der Waals surface area contributed by atoms with Gasteiger partial charge >= 0.3 is 0 Å². The van der Waals surface area contributed by atoms with Gasteiger partial charge in [-0.1, -0.05) is 0 Å². The molecule has 1 aromatic carbocycles. The van der Waals surface area contributed by atoms with E-state index in [0.717, 1.165) is 21.1 Å². The van der Waals surface area contributed by atoms with E-state index in [2.05, 4.69) is 27.2 Å². The summed E-state index contributed by atoms with van der Waals surface area (Å²) < 4.78 is 3.18. The first-order valence-corrected chi connectivity index (χ1v) is 5.42. The van der Waals surface area contributed by atoms with E-state index in [1.807, 2.05) is 13.0 Å². The third-order valence-electron chi connectivity index (χ3n) is 2.26. The van der Waals surface area contributed by atoms with Crippen molar-refractivity contribution in [3.63, 3.8) is 0 Å². The van der Waals surface area contributed by atoms with Crippen LogP contribution >= 0.6 is 22.6 Å². The first-order chi connectivity index (χ1) is 6.63. The van der Waals surface area contributed by atoms with Crippen LogP contribution in [0.5, 0.6) is 11.5 Å². The maximum Gasteiger partial charge on any atom is 0.159 e. The molecule has 3 nitrogen and oxygen atoms in total. The number of halogens is 1. The summed E-state index contributed by atoms with van der Waals surface area (Å²) in [5.41, 5.74) is 0.951. The van der Waals surface area contributed by atoms with Crippen LogP contribution in [0, 0.1) is 3.70 Å². The zero-order chi connectivity index (χ0) is 10.3. The average molecular weight is 303 g/mol. The lowest BCUT2D eigenvalue weighted by molar-refractivity contribution is 0.404. The van der Waals surface area contributed by atoms with E-state index in [-0.39, 0.29) is 11.5 Å². The molecule has 0 amide bonds. The lowest BCUT2D eigenvalue weighted by Crippen LogP contribution is -1.95. The smallest absolute Gasteiger partial charge is 0.159 e. The lowest BCUT2D eigenvalue weighted by atomic mass is 10.2. The van der Waals surface area contributed by atoms with Gasteiger partial charge in [-0.15, -0.1) is 0 Å². The first kappa shape index (κ1) is 9.64. The highest BCUT2D eigenvalue weighted by Crippen LogP contribution is 2.32. The van der Waals surface area contributed by atoms with E-state index in [0.29, 0.717) is 0 Å². The highest BCUT2D eigenvalue weighted by molar-refractivity contribution is 14.1. The molecule has 2 aromatic rings. The Morgan fingerprint density at radius 2 is 1.86 bits per heavy atom. The summed E-state index contributed by atoms with van der Waals surface area (Å²) in [6.07, 6.45) is 0. The summed E-state index contributed by atoms with van der Waals surface area (Å²) >= 11 is 2.24. The molecule has 0 aliphatic heterocycles. The molecule has 0 unspecified atom stereocenters. The monoisotopic (exact) mass is 303 g/mol. The molecule has 0 saturated heterocycles. The number of aromatic nitrogens is 1. The molecule has 0 saturated carbocycles. The lowest BCUT2D eigenvalue weighted by Gasteiger charge is -2.03. The molecule has 2 N–H and O–H groups in total. The molecular weight excluding hydrogens is 293 g/mol. The fourth-order valence-corrected chi connectivity index (χ4v) is 2.51. The van der Waals surface area contributed by atoms with Crippen molar-refractivity contribution in [1.29, 1.82) is 0 Å². The van der Waals surface area contributed by atoms with Crippen molar-refractivity contribution in [2.75, 3.05) is 0 Å². The number of aryl methyl sites for hydroxylation is 1. The average Bonchev–Trinajstić information content (AvgIpc) is 2.42. The van der Waals surface area contributed by atoms with E-state index < -0.39 is 0 Å². The van der Waals surface area contributed by atoms with Crippen LogP contribution in [0.1, 0.15) is 6.92 Å². The molecule has 0 aliphatic carbocycles. The molecule has 0 fully saturated rings. The van der Waals surface area contributed by atoms with Crippen LogP contribution in [0.15, 0.2) is 18.2 Å². The van der Waals surface area contributed by atoms with E-state index in [9.17, 15) is 10.2 Å². The van der Waals surface area contributed by atoms with Crippen molar-refractivity contribution < 1.29 is 10.2 Å². The molecular formula is C10H10INO2. The third-order valence-corrected chi connectivity index (χ3v) is 3.16. The Morgan fingerprint density at radius 1 is 1.21 bits per heavy atom. The number of phenolic OH excluding ortho intramolecular Hbond substituents is 2. The Bertz CT molecular complexity index is 490. The minimum atomic E-state index is -0.0679. The van der Waals surface area contributed by atoms with Gasteiger partial charge in [-0.05, 0) is 41.6 Å². The number of nitrogens with zero attached hydrogens (tertiary/aromatic N) is 1. The van der Waals surface area contributed by atoms with Crippen LogP contribution in [0.25, 0.3) is 10.9 Å². The number of phenols is 2. The van der Waals surface area contributed by atoms with Gasteiger partial charge in [0.05, 0.1) is 9.22 Å². The molecule has 0 bridgehead atoms. The molecule has 1 heterocycles. The maximum atomic E-state index is 9.38. The van der Waals surface area contributed by atoms with Crippen molar-refractivity contribution in [3.05, 3.63) is 21.9 Å². The summed E-state index contributed by atoms with van der Waals surface area (Å²) in [6.45, 7) is 2.90. The van der Waals surface area contributed by atoms with Gasteiger partial charge in [0.2, 0.25) is 0 Å². The number of aromatic hydroxyl groups is 2. The van der Waals surface area contributed by atoms with Crippen LogP contribution in [0.4, 0.5) is 0 Å². The normalized spacial score (nSPS) is 11.0. The zero-order valence-corrected chi connectivity index (χ0v) is 9.82. The molecule has 2 rings (SSSR count). The van der Waals surface area contributed by atoms with Gasteiger partial charge in [-0.25, -0.2) is 0 Å². The number of hydrogen-bond donors (Lipinski definition) is 2. The van der Waals surface area contributed by atoms with Gasteiger partial charge in [0.15, 0.2) is 11.5 Å². The Balaban J connectivity index is 2.82. The molecule has 74 valence electrons. The second-order valence-corrected chi connectivity index (χ2v) is 4.22. The molecule has 0 spiro atoms. The molecule has 4 heteroatoms. The quantitative estimate of drug-likeness (QED) is 0.628. The van der Waals surface area contributed by atoms with Crippen molar-refractivity contribution >= 4 is 33.5 Å². The third kappa shape index (κ3) is 1.33. The largest absolute Gasteiger partial charge is 0.504 e. The fraction of sp³-hybridized carbons (Fsp3) is 0.200. The van der Waals surface area contributed by atoms with Crippen LogP contribution in [0.2, 0.25) is 0 Å². The second kappa shape index (κ2) is 3.34. The van der Waals surface area contributed by atoms with Crippen LogP contribution in [-0.4, -0.2) is 14.8 Å². The van der Waals surface area contributed by atoms with Crippen molar-refractivity contribution in [2.45, 2.75) is 13.5 Å².